The van der Waals surface area contributed by atoms with E-state index in [1.54, 1.807) is 0 Å². The second-order valence-corrected chi connectivity index (χ2v) is 8.18. The normalized spacial score (nSPS) is 11.7. The highest BCUT2D eigenvalue weighted by atomic mass is 32.1. The number of aromatic nitrogens is 3. The Balaban J connectivity index is 1.84. The van der Waals surface area contributed by atoms with Crippen LogP contribution < -0.4 is 15.6 Å². The van der Waals surface area contributed by atoms with E-state index in [-0.39, 0.29) is 11.2 Å². The monoisotopic (exact) mass is 372 g/mol. The molecule has 0 atom stereocenters. The summed E-state index contributed by atoms with van der Waals surface area (Å²) in [6, 6.07) is 7.69. The predicted molar refractivity (Wildman–Crippen MR) is 105 cm³/mol. The third-order valence-electron chi connectivity index (χ3n) is 3.73. The Morgan fingerprint density at radius 2 is 2.04 bits per heavy atom. The predicted octanol–water partition coefficient (Wildman–Crippen LogP) is 3.81. The summed E-state index contributed by atoms with van der Waals surface area (Å²) < 4.78 is 7.43. The maximum atomic E-state index is 12.1. The van der Waals surface area contributed by atoms with Crippen molar-refractivity contribution in [2.45, 2.75) is 53.2 Å². The minimum absolute atomic E-state index is 0.150. The van der Waals surface area contributed by atoms with Crippen molar-refractivity contribution in [3.8, 4) is 5.75 Å². The molecule has 0 bridgehead atoms. The van der Waals surface area contributed by atoms with E-state index in [0.29, 0.717) is 16.6 Å². The number of fused-ring (bicyclic) bond motifs is 1. The van der Waals surface area contributed by atoms with Gasteiger partial charge >= 0.3 is 0 Å². The van der Waals surface area contributed by atoms with Crippen LogP contribution in [-0.2, 0) is 13.0 Å². The molecule has 0 spiro atoms. The van der Waals surface area contributed by atoms with Crippen molar-refractivity contribution in [2.75, 3.05) is 5.32 Å². The number of benzene rings is 1. The smallest absolute Gasteiger partial charge is 0.275 e. The third kappa shape index (κ3) is 4.22. The van der Waals surface area contributed by atoms with Gasteiger partial charge in [0.15, 0.2) is 0 Å². The van der Waals surface area contributed by atoms with E-state index in [2.05, 4.69) is 27.5 Å². The van der Waals surface area contributed by atoms with Crippen LogP contribution in [0, 0.1) is 6.92 Å². The number of nitrogens with zero attached hydrogens (tertiary/aromatic N) is 3. The van der Waals surface area contributed by atoms with Crippen LogP contribution in [0.5, 0.6) is 5.75 Å². The molecule has 0 aliphatic rings. The number of nitrogens with one attached hydrogen (secondary N) is 1. The second kappa shape index (κ2) is 7.07. The molecule has 1 aromatic carbocycles. The van der Waals surface area contributed by atoms with E-state index >= 15 is 0 Å². The summed E-state index contributed by atoms with van der Waals surface area (Å²) in [5, 5.41) is 8.28. The first-order valence-corrected chi connectivity index (χ1v) is 9.49. The van der Waals surface area contributed by atoms with Gasteiger partial charge in [-0.3, -0.25) is 4.79 Å². The van der Waals surface area contributed by atoms with Gasteiger partial charge in [0.1, 0.15) is 11.4 Å². The Labute approximate surface area is 156 Å². The van der Waals surface area contributed by atoms with Crippen molar-refractivity contribution >= 4 is 21.4 Å². The van der Waals surface area contributed by atoms with Gasteiger partial charge in [-0.2, -0.15) is 4.52 Å². The van der Waals surface area contributed by atoms with Gasteiger partial charge in [0.05, 0.1) is 0 Å². The molecule has 0 amide bonds. The number of ether oxygens (including phenoxy) is 1. The fourth-order valence-corrected chi connectivity index (χ4v) is 3.33. The number of hydrogen-bond acceptors (Lipinski definition) is 6. The molecule has 0 radical (unpaired) electrons. The van der Waals surface area contributed by atoms with E-state index in [9.17, 15) is 4.79 Å². The molecule has 0 aliphatic heterocycles. The first-order chi connectivity index (χ1) is 12.2. The van der Waals surface area contributed by atoms with Crippen molar-refractivity contribution in [1.29, 1.82) is 0 Å². The lowest BCUT2D eigenvalue weighted by Crippen LogP contribution is -2.24. The maximum Gasteiger partial charge on any atom is 0.275 e. The summed E-state index contributed by atoms with van der Waals surface area (Å²) >= 11 is 1.37. The third-order valence-corrected chi connectivity index (χ3v) is 4.60. The molecule has 138 valence electrons. The number of rotatable bonds is 5. The molecule has 0 unspecified atom stereocenters. The van der Waals surface area contributed by atoms with Crippen molar-refractivity contribution in [3.63, 3.8) is 0 Å². The first-order valence-electron chi connectivity index (χ1n) is 8.67. The Hall–Kier alpha value is -2.41. The summed E-state index contributed by atoms with van der Waals surface area (Å²) in [7, 11) is 0. The molecule has 0 aliphatic carbocycles. The highest BCUT2D eigenvalue weighted by molar-refractivity contribution is 7.20. The largest absolute Gasteiger partial charge is 0.488 e. The van der Waals surface area contributed by atoms with Crippen molar-refractivity contribution in [2.24, 2.45) is 0 Å². The molecule has 6 nitrogen and oxygen atoms in total. The highest BCUT2D eigenvalue weighted by Crippen LogP contribution is 2.26. The molecule has 2 heterocycles. The van der Waals surface area contributed by atoms with Crippen LogP contribution in [-0.4, -0.2) is 20.2 Å². The summed E-state index contributed by atoms with van der Waals surface area (Å²) in [5.74, 6) is 0.856. The molecule has 0 fully saturated rings. The molecular formula is C19H24N4O2S. The van der Waals surface area contributed by atoms with Crippen molar-refractivity contribution in [3.05, 3.63) is 51.4 Å². The Morgan fingerprint density at radius 3 is 2.73 bits per heavy atom. The number of aryl methyl sites for hydroxylation is 2. The second-order valence-electron chi connectivity index (χ2n) is 7.22. The number of hydrogen-bond donors (Lipinski definition) is 1. The molecule has 0 saturated carbocycles. The lowest BCUT2D eigenvalue weighted by atomic mass is 10.1. The molecule has 0 saturated heterocycles. The van der Waals surface area contributed by atoms with Gasteiger partial charge in [-0.25, -0.2) is 4.98 Å². The molecule has 7 heteroatoms. The number of anilines is 1. The fraction of sp³-hybridized carbons (Fsp3) is 0.421. The maximum absolute atomic E-state index is 12.1. The van der Waals surface area contributed by atoms with Gasteiger partial charge in [0.2, 0.25) is 10.1 Å². The Morgan fingerprint density at radius 1 is 1.27 bits per heavy atom. The summed E-state index contributed by atoms with van der Waals surface area (Å²) in [4.78, 5) is 17.2. The average molecular weight is 372 g/mol. The lowest BCUT2D eigenvalue weighted by Gasteiger charge is -2.23. The van der Waals surface area contributed by atoms with Crippen molar-refractivity contribution < 1.29 is 4.74 Å². The molecule has 2 aromatic heterocycles. The standard InChI is InChI=1S/C19H24N4O2S/c1-6-14-10-16(24)23-18(21-14)26-17(22-23)20-11-13-8-7-12(2)9-15(13)25-19(3,4)5/h7-10H,6,11H2,1-5H3,(H,20,22). The quantitative estimate of drug-likeness (QED) is 0.737. The zero-order valence-electron chi connectivity index (χ0n) is 15.8. The topological polar surface area (TPSA) is 68.5 Å². The van der Waals surface area contributed by atoms with Crippen molar-refractivity contribution in [1.82, 2.24) is 14.6 Å². The van der Waals surface area contributed by atoms with Gasteiger partial charge in [0, 0.05) is 23.9 Å². The SMILES string of the molecule is CCc1cc(=O)n2nc(NCc3ccc(C)cc3OC(C)(C)C)sc2n1. The average Bonchev–Trinajstić information content (AvgIpc) is 2.96. The Bertz CT molecular complexity index is 985. The van der Waals surface area contributed by atoms with Gasteiger partial charge in [-0.15, -0.1) is 5.10 Å². The zero-order valence-corrected chi connectivity index (χ0v) is 16.6. The van der Waals surface area contributed by atoms with Gasteiger partial charge in [-0.1, -0.05) is 30.4 Å². The minimum Gasteiger partial charge on any atom is -0.488 e. The summed E-state index contributed by atoms with van der Waals surface area (Å²) in [6.45, 7) is 10.7. The molecule has 3 aromatic rings. The minimum atomic E-state index is -0.272. The van der Waals surface area contributed by atoms with Crippen LogP contribution in [0.1, 0.15) is 44.5 Å². The van der Waals surface area contributed by atoms with Crippen LogP contribution in [0.2, 0.25) is 0 Å². The van der Waals surface area contributed by atoms with Gasteiger partial charge in [-0.05, 0) is 45.7 Å². The fourth-order valence-electron chi connectivity index (χ4n) is 2.51. The van der Waals surface area contributed by atoms with E-state index in [4.69, 9.17) is 4.74 Å². The van der Waals surface area contributed by atoms with E-state index in [1.165, 1.54) is 21.9 Å². The molecular weight excluding hydrogens is 348 g/mol. The first kappa shape index (κ1) is 18.4. The molecule has 1 N–H and O–H groups in total. The van der Waals surface area contributed by atoms with E-state index in [0.717, 1.165) is 29.0 Å². The lowest BCUT2D eigenvalue weighted by molar-refractivity contribution is 0.129. The summed E-state index contributed by atoms with van der Waals surface area (Å²) in [6.07, 6.45) is 0.725. The van der Waals surface area contributed by atoms with Crippen LogP contribution >= 0.6 is 11.3 Å². The van der Waals surface area contributed by atoms with Gasteiger partial charge in [0.25, 0.3) is 5.56 Å². The highest BCUT2D eigenvalue weighted by Gasteiger charge is 2.15. The zero-order chi connectivity index (χ0) is 18.9. The van der Waals surface area contributed by atoms with Crippen LogP contribution in [0.4, 0.5) is 5.13 Å². The van der Waals surface area contributed by atoms with E-state index in [1.807, 2.05) is 40.7 Å². The van der Waals surface area contributed by atoms with Crippen LogP contribution in [0.3, 0.4) is 0 Å². The summed E-state index contributed by atoms with van der Waals surface area (Å²) in [5.41, 5.74) is 2.55. The molecule has 26 heavy (non-hydrogen) atoms. The molecule has 3 rings (SSSR count). The van der Waals surface area contributed by atoms with Crippen LogP contribution in [0.15, 0.2) is 29.1 Å². The van der Waals surface area contributed by atoms with E-state index < -0.39 is 0 Å². The van der Waals surface area contributed by atoms with Gasteiger partial charge < -0.3 is 10.1 Å². The van der Waals surface area contributed by atoms with Crippen LogP contribution in [0.25, 0.3) is 4.96 Å². The Kier molecular flexibility index (Phi) is 5.00.